The number of piperazine rings is 1. The lowest BCUT2D eigenvalue weighted by atomic mass is 10.1. The monoisotopic (exact) mass is 348 g/mol. The van der Waals surface area contributed by atoms with Gasteiger partial charge in [0.05, 0.1) is 25.4 Å². The Morgan fingerprint density at radius 2 is 2.04 bits per heavy atom. The summed E-state index contributed by atoms with van der Waals surface area (Å²) < 4.78 is 11.2. The molecule has 2 heterocycles. The molecular weight excluding hydrogens is 316 g/mol. The second kappa shape index (κ2) is 8.99. The van der Waals surface area contributed by atoms with Gasteiger partial charge in [0.15, 0.2) is 0 Å². The van der Waals surface area contributed by atoms with E-state index in [1.165, 1.54) is 16.8 Å². The topological polar surface area (TPSA) is 45.2 Å². The van der Waals surface area contributed by atoms with Crippen molar-refractivity contribution >= 4 is 5.69 Å². The summed E-state index contributed by atoms with van der Waals surface area (Å²) in [5.74, 6) is 0. The van der Waals surface area contributed by atoms with Crippen LogP contribution in [0.2, 0.25) is 0 Å². The van der Waals surface area contributed by atoms with Crippen LogP contribution in [0.3, 0.4) is 0 Å². The molecule has 3 rings (SSSR count). The van der Waals surface area contributed by atoms with Gasteiger partial charge in [-0.3, -0.25) is 4.90 Å². The van der Waals surface area contributed by atoms with E-state index in [2.05, 4.69) is 41.8 Å². The van der Waals surface area contributed by atoms with E-state index in [-0.39, 0.29) is 6.10 Å². The van der Waals surface area contributed by atoms with Crippen molar-refractivity contribution in [1.29, 1.82) is 0 Å². The van der Waals surface area contributed by atoms with Crippen LogP contribution >= 0.6 is 0 Å². The number of aliphatic hydroxyl groups is 1. The van der Waals surface area contributed by atoms with E-state index in [4.69, 9.17) is 9.47 Å². The van der Waals surface area contributed by atoms with Gasteiger partial charge >= 0.3 is 0 Å². The van der Waals surface area contributed by atoms with E-state index in [9.17, 15) is 5.11 Å². The molecule has 0 aliphatic carbocycles. The van der Waals surface area contributed by atoms with Gasteiger partial charge in [0, 0.05) is 45.0 Å². The molecule has 1 N–H and O–H groups in total. The number of aliphatic hydroxyl groups excluding tert-OH is 1. The minimum Gasteiger partial charge on any atom is -0.389 e. The van der Waals surface area contributed by atoms with Crippen LogP contribution in [0.5, 0.6) is 0 Å². The summed E-state index contributed by atoms with van der Waals surface area (Å²) in [5.41, 5.74) is 4.07. The van der Waals surface area contributed by atoms with Crippen molar-refractivity contribution in [3.8, 4) is 0 Å². The van der Waals surface area contributed by atoms with E-state index in [1.807, 2.05) is 0 Å². The van der Waals surface area contributed by atoms with Gasteiger partial charge < -0.3 is 19.5 Å². The molecule has 25 heavy (non-hydrogen) atoms. The number of hydrogen-bond acceptors (Lipinski definition) is 5. The number of ether oxygens (including phenoxy) is 2. The van der Waals surface area contributed by atoms with Crippen LogP contribution in [0.25, 0.3) is 0 Å². The molecule has 0 spiro atoms. The number of rotatable bonds is 7. The van der Waals surface area contributed by atoms with E-state index >= 15 is 0 Å². The van der Waals surface area contributed by atoms with Crippen LogP contribution in [-0.2, 0) is 9.47 Å². The highest BCUT2D eigenvalue weighted by atomic mass is 16.5. The molecule has 0 aromatic heterocycles. The maximum Gasteiger partial charge on any atom is 0.0900 e. The second-order valence-electron chi connectivity index (χ2n) is 7.33. The summed E-state index contributed by atoms with van der Waals surface area (Å²) in [5, 5.41) is 10.2. The number of hydrogen-bond donors (Lipinski definition) is 1. The highest BCUT2D eigenvalue weighted by Gasteiger charge is 2.21. The Hall–Kier alpha value is -1.14. The molecule has 5 nitrogen and oxygen atoms in total. The van der Waals surface area contributed by atoms with Gasteiger partial charge in [-0.25, -0.2) is 0 Å². The summed E-state index contributed by atoms with van der Waals surface area (Å²) >= 11 is 0. The standard InChI is InChI=1S/C20H32N2O3/c1-16-5-3-7-20(17(16)2)22-10-8-21(9-11-22)13-18(23)14-24-15-19-6-4-12-25-19/h3,5,7,18-19,23H,4,6,8-15H2,1-2H3. The normalized spacial score (nSPS) is 23.2. The first-order chi connectivity index (χ1) is 12.1. The van der Waals surface area contributed by atoms with E-state index < -0.39 is 6.10 Å². The Morgan fingerprint density at radius 3 is 2.76 bits per heavy atom. The van der Waals surface area contributed by atoms with Crippen LogP contribution in [0.1, 0.15) is 24.0 Å². The summed E-state index contributed by atoms with van der Waals surface area (Å²) in [6.45, 7) is 10.9. The third-order valence-electron chi connectivity index (χ3n) is 5.40. The SMILES string of the molecule is Cc1cccc(N2CCN(CC(O)COCC3CCCO3)CC2)c1C. The third-order valence-corrected chi connectivity index (χ3v) is 5.40. The molecule has 0 amide bonds. The Bertz CT molecular complexity index is 538. The molecule has 0 radical (unpaired) electrons. The molecule has 2 saturated heterocycles. The molecule has 0 bridgehead atoms. The Balaban J connectivity index is 1.37. The Kier molecular flexibility index (Phi) is 6.70. The number of anilines is 1. The number of β-amino-alcohol motifs (C(OH)–C–C–N with tert-alkyl or cyclic N) is 1. The quantitative estimate of drug-likeness (QED) is 0.816. The zero-order valence-electron chi connectivity index (χ0n) is 15.6. The second-order valence-corrected chi connectivity index (χ2v) is 7.33. The number of nitrogens with zero attached hydrogens (tertiary/aromatic N) is 2. The van der Waals surface area contributed by atoms with Gasteiger partial charge in [-0.2, -0.15) is 0 Å². The average molecular weight is 348 g/mol. The minimum absolute atomic E-state index is 0.230. The molecule has 140 valence electrons. The molecule has 0 saturated carbocycles. The molecule has 2 fully saturated rings. The first-order valence-electron chi connectivity index (χ1n) is 9.54. The summed E-state index contributed by atoms with van der Waals surface area (Å²) in [4.78, 5) is 4.79. The zero-order chi connectivity index (χ0) is 17.6. The van der Waals surface area contributed by atoms with Crippen molar-refractivity contribution in [2.24, 2.45) is 0 Å². The molecule has 2 aliphatic heterocycles. The van der Waals surface area contributed by atoms with Crippen molar-refractivity contribution < 1.29 is 14.6 Å². The highest BCUT2D eigenvalue weighted by molar-refractivity contribution is 5.56. The van der Waals surface area contributed by atoms with Gasteiger partial charge in [-0.05, 0) is 43.9 Å². The number of benzene rings is 1. The fraction of sp³-hybridized carbons (Fsp3) is 0.700. The minimum atomic E-state index is -0.423. The maximum atomic E-state index is 10.2. The van der Waals surface area contributed by atoms with Crippen LogP contribution < -0.4 is 4.90 Å². The summed E-state index contributed by atoms with van der Waals surface area (Å²) in [6, 6.07) is 6.52. The lowest BCUT2D eigenvalue weighted by Gasteiger charge is -2.37. The van der Waals surface area contributed by atoms with Crippen molar-refractivity contribution in [3.63, 3.8) is 0 Å². The largest absolute Gasteiger partial charge is 0.389 e. The van der Waals surface area contributed by atoms with E-state index in [0.717, 1.165) is 45.6 Å². The van der Waals surface area contributed by atoms with Gasteiger partial charge in [-0.15, -0.1) is 0 Å². The zero-order valence-corrected chi connectivity index (χ0v) is 15.6. The molecular formula is C20H32N2O3. The lowest BCUT2D eigenvalue weighted by Crippen LogP contribution is -2.49. The Labute approximate surface area is 151 Å². The Morgan fingerprint density at radius 1 is 1.24 bits per heavy atom. The fourth-order valence-corrected chi connectivity index (χ4v) is 3.71. The summed E-state index contributed by atoms with van der Waals surface area (Å²) in [6.07, 6.45) is 2.01. The van der Waals surface area contributed by atoms with Crippen LogP contribution in [0.4, 0.5) is 5.69 Å². The van der Waals surface area contributed by atoms with E-state index in [0.29, 0.717) is 19.8 Å². The van der Waals surface area contributed by atoms with Crippen molar-refractivity contribution in [3.05, 3.63) is 29.3 Å². The van der Waals surface area contributed by atoms with Crippen molar-refractivity contribution in [2.75, 3.05) is 57.4 Å². The van der Waals surface area contributed by atoms with Gasteiger partial charge in [-0.1, -0.05) is 12.1 Å². The van der Waals surface area contributed by atoms with Crippen LogP contribution in [0.15, 0.2) is 18.2 Å². The molecule has 1 aromatic rings. The average Bonchev–Trinajstić information content (AvgIpc) is 3.12. The molecule has 2 unspecified atom stereocenters. The van der Waals surface area contributed by atoms with Gasteiger partial charge in [0.25, 0.3) is 0 Å². The third kappa shape index (κ3) is 5.17. The smallest absolute Gasteiger partial charge is 0.0900 e. The molecule has 2 aliphatic rings. The van der Waals surface area contributed by atoms with Gasteiger partial charge in [0.2, 0.25) is 0 Å². The maximum absolute atomic E-state index is 10.2. The molecule has 1 aromatic carbocycles. The van der Waals surface area contributed by atoms with Gasteiger partial charge in [0.1, 0.15) is 0 Å². The molecule has 5 heteroatoms. The predicted molar refractivity (Wildman–Crippen MR) is 100 cm³/mol. The molecule has 2 atom stereocenters. The van der Waals surface area contributed by atoms with Crippen molar-refractivity contribution in [1.82, 2.24) is 4.90 Å². The number of aryl methyl sites for hydroxylation is 1. The summed E-state index contributed by atoms with van der Waals surface area (Å²) in [7, 11) is 0. The lowest BCUT2D eigenvalue weighted by molar-refractivity contribution is -0.0254. The fourth-order valence-electron chi connectivity index (χ4n) is 3.71. The first kappa shape index (κ1) is 18.6. The van der Waals surface area contributed by atoms with Crippen molar-refractivity contribution in [2.45, 2.75) is 38.9 Å². The van der Waals surface area contributed by atoms with Crippen LogP contribution in [-0.4, -0.2) is 74.8 Å². The predicted octanol–water partition coefficient (Wildman–Crippen LogP) is 1.98. The highest BCUT2D eigenvalue weighted by Crippen LogP contribution is 2.23. The first-order valence-corrected chi connectivity index (χ1v) is 9.54. The van der Waals surface area contributed by atoms with E-state index in [1.54, 1.807) is 0 Å². The van der Waals surface area contributed by atoms with Crippen LogP contribution in [0, 0.1) is 13.8 Å².